The Morgan fingerprint density at radius 2 is 2.04 bits per heavy atom. The lowest BCUT2D eigenvalue weighted by Crippen LogP contribution is -2.40. The highest BCUT2D eigenvalue weighted by molar-refractivity contribution is 6.30. The van der Waals surface area contributed by atoms with Crippen LogP contribution in [0.25, 0.3) is 5.69 Å². The van der Waals surface area contributed by atoms with E-state index in [1.807, 2.05) is 12.1 Å². The average molecular weight is 378 g/mol. The highest BCUT2D eigenvalue weighted by Crippen LogP contribution is 2.32. The second-order valence-electron chi connectivity index (χ2n) is 6.54. The predicted molar refractivity (Wildman–Crippen MR) is 95.8 cm³/mol. The molecule has 26 heavy (non-hydrogen) atoms. The number of aryl methyl sites for hydroxylation is 1. The zero-order chi connectivity index (χ0) is 18.9. The van der Waals surface area contributed by atoms with Crippen molar-refractivity contribution in [2.24, 2.45) is 5.41 Å². The van der Waals surface area contributed by atoms with Gasteiger partial charge in [-0.3, -0.25) is 9.59 Å². The van der Waals surface area contributed by atoms with Gasteiger partial charge in [-0.1, -0.05) is 11.6 Å². The number of ether oxygens (including phenoxy) is 1. The Hall–Kier alpha value is -2.38. The first-order valence-electron chi connectivity index (χ1n) is 8.20. The summed E-state index contributed by atoms with van der Waals surface area (Å²) in [5.41, 5.74) is 0.783. The Kier molecular flexibility index (Phi) is 5.02. The number of nitrogens with zero attached hydrogens (tertiary/aromatic N) is 3. The fourth-order valence-electron chi connectivity index (χ4n) is 3.24. The average Bonchev–Trinajstić information content (AvgIpc) is 3.20. The van der Waals surface area contributed by atoms with Crippen LogP contribution in [0.1, 0.15) is 22.5 Å². The molecule has 1 aromatic carbocycles. The molecule has 2 aromatic rings. The van der Waals surface area contributed by atoms with Crippen LogP contribution in [0, 0.1) is 12.3 Å². The summed E-state index contributed by atoms with van der Waals surface area (Å²) in [4.78, 5) is 26.1. The lowest BCUT2D eigenvalue weighted by Gasteiger charge is -2.23. The summed E-state index contributed by atoms with van der Waals surface area (Å²) in [7, 11) is 1.47. The van der Waals surface area contributed by atoms with E-state index in [0.717, 1.165) is 5.69 Å². The third kappa shape index (κ3) is 3.32. The number of carbonyl (C=O) groups is 2. The van der Waals surface area contributed by atoms with E-state index in [-0.39, 0.29) is 19.1 Å². The highest BCUT2D eigenvalue weighted by atomic mass is 35.5. The van der Waals surface area contributed by atoms with Crippen LogP contribution >= 0.6 is 11.6 Å². The van der Waals surface area contributed by atoms with Crippen molar-refractivity contribution in [2.75, 3.05) is 26.8 Å². The minimum atomic E-state index is -1.05. The van der Waals surface area contributed by atoms with Gasteiger partial charge in [-0.2, -0.15) is 5.10 Å². The summed E-state index contributed by atoms with van der Waals surface area (Å²) in [6.45, 7) is 2.34. The topological polar surface area (TPSA) is 84.7 Å². The zero-order valence-electron chi connectivity index (χ0n) is 14.6. The summed E-state index contributed by atoms with van der Waals surface area (Å²) in [5, 5.41) is 14.6. The molecule has 1 aliphatic rings. The van der Waals surface area contributed by atoms with E-state index in [2.05, 4.69) is 5.10 Å². The molecule has 0 bridgehead atoms. The molecule has 138 valence electrons. The van der Waals surface area contributed by atoms with Gasteiger partial charge in [-0.25, -0.2) is 4.68 Å². The number of rotatable bonds is 5. The Balaban J connectivity index is 1.83. The molecular weight excluding hydrogens is 358 g/mol. The van der Waals surface area contributed by atoms with Gasteiger partial charge < -0.3 is 14.7 Å². The van der Waals surface area contributed by atoms with E-state index in [1.54, 1.807) is 34.8 Å². The molecule has 3 rings (SSSR count). The van der Waals surface area contributed by atoms with Gasteiger partial charge in [0.25, 0.3) is 5.91 Å². The van der Waals surface area contributed by atoms with Crippen molar-refractivity contribution in [3.05, 3.63) is 46.7 Å². The normalized spacial score (nSPS) is 19.7. The molecule has 1 N–H and O–H groups in total. The smallest absolute Gasteiger partial charge is 0.313 e. The van der Waals surface area contributed by atoms with E-state index in [9.17, 15) is 14.7 Å². The molecule has 0 spiro atoms. The number of benzene rings is 1. The van der Waals surface area contributed by atoms with E-state index in [0.29, 0.717) is 29.2 Å². The third-order valence-corrected chi connectivity index (χ3v) is 4.99. The van der Waals surface area contributed by atoms with E-state index in [1.165, 1.54) is 7.11 Å². The van der Waals surface area contributed by atoms with Crippen molar-refractivity contribution >= 4 is 23.5 Å². The van der Waals surface area contributed by atoms with Gasteiger partial charge in [0.05, 0.1) is 23.6 Å². The molecule has 0 radical (unpaired) electrons. The second-order valence-corrected chi connectivity index (χ2v) is 6.98. The molecule has 1 aliphatic heterocycles. The number of halogens is 1. The monoisotopic (exact) mass is 377 g/mol. The number of hydrogen-bond acceptors (Lipinski definition) is 4. The third-order valence-electron chi connectivity index (χ3n) is 4.74. The van der Waals surface area contributed by atoms with Gasteiger partial charge in [-0.15, -0.1) is 0 Å². The lowest BCUT2D eigenvalue weighted by molar-refractivity contribution is -0.151. The van der Waals surface area contributed by atoms with Crippen LogP contribution in [0.5, 0.6) is 0 Å². The quantitative estimate of drug-likeness (QED) is 0.864. The van der Waals surface area contributed by atoms with Crippen LogP contribution in [0.2, 0.25) is 5.02 Å². The van der Waals surface area contributed by atoms with E-state index in [4.69, 9.17) is 16.3 Å². The van der Waals surface area contributed by atoms with Crippen LogP contribution in [0.15, 0.2) is 30.5 Å². The van der Waals surface area contributed by atoms with Gasteiger partial charge in [0.1, 0.15) is 5.41 Å². The van der Waals surface area contributed by atoms with Crippen molar-refractivity contribution < 1.29 is 19.4 Å². The molecule has 0 aliphatic carbocycles. The molecule has 1 amide bonds. The second kappa shape index (κ2) is 7.09. The first-order chi connectivity index (χ1) is 12.4. The Morgan fingerprint density at radius 1 is 1.35 bits per heavy atom. The number of aliphatic carboxylic acids is 1. The number of amides is 1. The number of carboxylic acids is 1. The fourth-order valence-corrected chi connectivity index (χ4v) is 3.37. The van der Waals surface area contributed by atoms with E-state index < -0.39 is 11.4 Å². The Bertz CT molecular complexity index is 833. The largest absolute Gasteiger partial charge is 0.481 e. The summed E-state index contributed by atoms with van der Waals surface area (Å²) in [5.74, 6) is -1.16. The van der Waals surface area contributed by atoms with Crippen molar-refractivity contribution in [3.63, 3.8) is 0 Å². The van der Waals surface area contributed by atoms with Crippen molar-refractivity contribution in [1.29, 1.82) is 0 Å². The zero-order valence-corrected chi connectivity index (χ0v) is 15.4. The number of hydrogen-bond donors (Lipinski definition) is 1. The first-order valence-corrected chi connectivity index (χ1v) is 8.58. The summed E-state index contributed by atoms with van der Waals surface area (Å²) in [6, 6.07) is 7.13. The molecular formula is C18H20ClN3O4. The number of likely N-dealkylation sites (tertiary alicyclic amines) is 1. The molecule has 1 unspecified atom stereocenters. The number of methoxy groups -OCH3 is 1. The highest BCUT2D eigenvalue weighted by Gasteiger charge is 2.46. The van der Waals surface area contributed by atoms with Crippen LogP contribution in [0.3, 0.4) is 0 Å². The van der Waals surface area contributed by atoms with Gasteiger partial charge >= 0.3 is 5.97 Å². The molecule has 7 nitrogen and oxygen atoms in total. The van der Waals surface area contributed by atoms with Gasteiger partial charge in [0.15, 0.2) is 0 Å². The minimum absolute atomic E-state index is 0.0785. The minimum Gasteiger partial charge on any atom is -0.481 e. The lowest BCUT2D eigenvalue weighted by atomic mass is 9.88. The maximum absolute atomic E-state index is 12.9. The molecule has 8 heteroatoms. The SMILES string of the molecule is COCC1(C(=O)O)CCN(C(=O)c2cn(-c3ccc(Cl)cc3)nc2C)C1. The summed E-state index contributed by atoms with van der Waals surface area (Å²) < 4.78 is 6.69. The maximum atomic E-state index is 12.9. The van der Waals surface area contributed by atoms with Gasteiger partial charge in [-0.05, 0) is 37.6 Å². The fraction of sp³-hybridized carbons (Fsp3) is 0.389. The van der Waals surface area contributed by atoms with Crippen molar-refractivity contribution in [3.8, 4) is 5.69 Å². The van der Waals surface area contributed by atoms with E-state index >= 15 is 0 Å². The molecule has 2 heterocycles. The summed E-state index contributed by atoms with van der Waals surface area (Å²) >= 11 is 5.90. The first kappa shape index (κ1) is 18.4. The van der Waals surface area contributed by atoms with Gasteiger partial charge in [0.2, 0.25) is 0 Å². The molecule has 1 fully saturated rings. The molecule has 1 aromatic heterocycles. The van der Waals surface area contributed by atoms with Crippen molar-refractivity contribution in [2.45, 2.75) is 13.3 Å². The number of carboxylic acid groups (broad SMARTS) is 1. The van der Waals surface area contributed by atoms with Gasteiger partial charge in [0, 0.05) is 31.4 Å². The molecule has 1 saturated heterocycles. The standard InChI is InChI=1S/C18H20ClN3O4/c1-12-15(9-22(20-12)14-5-3-13(19)4-6-14)16(23)21-8-7-18(10-21,11-26-2)17(24)25/h3-6,9H,7-8,10-11H2,1-2H3,(H,24,25). The van der Waals surface area contributed by atoms with Crippen LogP contribution in [-0.4, -0.2) is 58.5 Å². The maximum Gasteiger partial charge on any atom is 0.313 e. The van der Waals surface area contributed by atoms with Crippen LogP contribution < -0.4 is 0 Å². The number of aromatic nitrogens is 2. The molecule has 1 atom stereocenters. The van der Waals surface area contributed by atoms with Crippen LogP contribution in [0.4, 0.5) is 0 Å². The molecule has 0 saturated carbocycles. The predicted octanol–water partition coefficient (Wildman–Crippen LogP) is 2.40. The number of carbonyl (C=O) groups excluding carboxylic acids is 1. The van der Waals surface area contributed by atoms with Crippen LogP contribution in [-0.2, 0) is 9.53 Å². The Labute approximate surface area is 156 Å². The van der Waals surface area contributed by atoms with Crippen molar-refractivity contribution in [1.82, 2.24) is 14.7 Å². The Morgan fingerprint density at radius 3 is 2.65 bits per heavy atom. The summed E-state index contributed by atoms with van der Waals surface area (Å²) in [6.07, 6.45) is 2.03.